The molecule has 5 rings (SSSR count). The maximum atomic E-state index is 14.0. The van der Waals surface area contributed by atoms with Crippen LogP contribution in [0.15, 0.2) is 66.7 Å². The molecule has 1 aliphatic carbocycles. The van der Waals surface area contributed by atoms with Gasteiger partial charge in [-0.2, -0.15) is 0 Å². The minimum Gasteiger partial charge on any atom is -0.449 e. The normalized spacial score (nSPS) is 16.6. The van der Waals surface area contributed by atoms with Gasteiger partial charge in [0.25, 0.3) is 5.91 Å². The molecular formula is C34H31Cl3N2O3. The van der Waals surface area contributed by atoms with Crippen molar-refractivity contribution in [2.45, 2.75) is 46.6 Å². The van der Waals surface area contributed by atoms with Crippen LogP contribution in [0.3, 0.4) is 0 Å². The Morgan fingerprint density at radius 3 is 2.36 bits per heavy atom. The maximum Gasteiger partial charge on any atom is 0.339 e. The summed E-state index contributed by atoms with van der Waals surface area (Å²) in [5.74, 6) is -0.836. The number of esters is 1. The molecule has 0 saturated heterocycles. The number of carbonyl (C=O) groups excluding carboxylic acids is 2. The van der Waals surface area contributed by atoms with Crippen LogP contribution in [0.5, 0.6) is 0 Å². The SMILES string of the molecule is C[C@@H](OC(=O)c1c2c(nc3ccccc13)/C(=C\c1ccc(Cl)cc1)C[C@@H](C(C)(C)C)C2)C(=O)Nc1ccc(Cl)cc1Cl. The first-order chi connectivity index (χ1) is 19.9. The number of benzene rings is 3. The summed E-state index contributed by atoms with van der Waals surface area (Å²) >= 11 is 18.3. The van der Waals surface area contributed by atoms with Gasteiger partial charge in [-0.1, -0.05) is 85.9 Å². The van der Waals surface area contributed by atoms with E-state index in [0.29, 0.717) is 38.6 Å². The van der Waals surface area contributed by atoms with Crippen molar-refractivity contribution in [3.8, 4) is 0 Å². The van der Waals surface area contributed by atoms with E-state index in [1.807, 2.05) is 48.5 Å². The van der Waals surface area contributed by atoms with Crippen molar-refractivity contribution in [2.24, 2.45) is 11.3 Å². The van der Waals surface area contributed by atoms with Gasteiger partial charge in [0.1, 0.15) is 0 Å². The van der Waals surface area contributed by atoms with Crippen LogP contribution in [0, 0.1) is 11.3 Å². The van der Waals surface area contributed by atoms with E-state index in [1.54, 1.807) is 12.1 Å². The number of anilines is 1. The van der Waals surface area contributed by atoms with Crippen molar-refractivity contribution < 1.29 is 14.3 Å². The van der Waals surface area contributed by atoms with E-state index in [2.05, 4.69) is 32.2 Å². The van der Waals surface area contributed by atoms with Gasteiger partial charge in [0.2, 0.25) is 0 Å². The Kier molecular flexibility index (Phi) is 8.66. The summed E-state index contributed by atoms with van der Waals surface area (Å²) < 4.78 is 5.81. The van der Waals surface area contributed by atoms with Crippen LogP contribution in [0.1, 0.15) is 61.3 Å². The van der Waals surface area contributed by atoms with Gasteiger partial charge in [-0.25, -0.2) is 9.78 Å². The molecule has 1 N–H and O–H groups in total. The van der Waals surface area contributed by atoms with Crippen molar-refractivity contribution in [1.82, 2.24) is 4.98 Å². The highest BCUT2D eigenvalue weighted by Crippen LogP contribution is 2.45. The number of hydrogen-bond donors (Lipinski definition) is 1. The van der Waals surface area contributed by atoms with Crippen molar-refractivity contribution >= 4 is 74.9 Å². The van der Waals surface area contributed by atoms with E-state index in [0.717, 1.165) is 28.8 Å². The maximum absolute atomic E-state index is 14.0. The largest absolute Gasteiger partial charge is 0.449 e. The predicted molar refractivity (Wildman–Crippen MR) is 172 cm³/mol. The fraction of sp³-hybridized carbons (Fsp3) is 0.265. The van der Waals surface area contributed by atoms with E-state index < -0.39 is 18.0 Å². The number of nitrogens with one attached hydrogen (secondary N) is 1. The number of carbonyl (C=O) groups is 2. The van der Waals surface area contributed by atoms with E-state index in [4.69, 9.17) is 44.5 Å². The van der Waals surface area contributed by atoms with Gasteiger partial charge in [-0.3, -0.25) is 4.79 Å². The van der Waals surface area contributed by atoms with E-state index in [9.17, 15) is 9.59 Å². The highest BCUT2D eigenvalue weighted by atomic mass is 35.5. The lowest BCUT2D eigenvalue weighted by Gasteiger charge is -2.36. The molecule has 8 heteroatoms. The van der Waals surface area contributed by atoms with Gasteiger partial charge in [0.05, 0.1) is 27.5 Å². The van der Waals surface area contributed by atoms with Crippen molar-refractivity contribution in [3.05, 3.63) is 104 Å². The first kappa shape index (κ1) is 30.1. The lowest BCUT2D eigenvalue weighted by molar-refractivity contribution is -0.123. The van der Waals surface area contributed by atoms with Crippen LogP contribution in [0.4, 0.5) is 5.69 Å². The standard InChI is InChI=1S/C34H31Cl3N2O3/c1-19(32(40)39-29-14-13-24(36)18-27(29)37)42-33(41)30-25-7-5-6-8-28(25)38-31-21(15-20-9-11-23(35)12-10-20)16-22(17-26(30)31)34(2,3)4/h5-15,18-19,22H,16-17H2,1-4H3,(H,39,40)/b21-15-/t19-,22-/m1/s1. The van der Waals surface area contributed by atoms with Gasteiger partial charge in [0, 0.05) is 15.4 Å². The second-order valence-electron chi connectivity index (χ2n) is 11.7. The molecule has 2 atom stereocenters. The number of hydrogen-bond acceptors (Lipinski definition) is 4. The molecule has 0 fully saturated rings. The smallest absolute Gasteiger partial charge is 0.339 e. The molecule has 0 spiro atoms. The number of aromatic nitrogens is 1. The molecule has 0 unspecified atom stereocenters. The Bertz CT molecular complexity index is 1710. The number of pyridine rings is 1. The summed E-state index contributed by atoms with van der Waals surface area (Å²) in [6.45, 7) is 8.17. The number of fused-ring (bicyclic) bond motifs is 2. The predicted octanol–water partition coefficient (Wildman–Crippen LogP) is 9.53. The lowest BCUT2D eigenvalue weighted by atomic mass is 9.69. The summed E-state index contributed by atoms with van der Waals surface area (Å²) in [6, 6.07) is 20.0. The summed E-state index contributed by atoms with van der Waals surface area (Å²) in [4.78, 5) is 32.0. The summed E-state index contributed by atoms with van der Waals surface area (Å²) in [7, 11) is 0. The fourth-order valence-electron chi connectivity index (χ4n) is 5.23. The van der Waals surface area contributed by atoms with Gasteiger partial charge >= 0.3 is 5.97 Å². The second-order valence-corrected chi connectivity index (χ2v) is 13.0. The number of nitrogens with zero attached hydrogens (tertiary/aromatic N) is 1. The average Bonchev–Trinajstić information content (AvgIpc) is 2.93. The Hall–Kier alpha value is -3.38. The van der Waals surface area contributed by atoms with Crippen LogP contribution < -0.4 is 5.32 Å². The van der Waals surface area contributed by atoms with Crippen LogP contribution in [-0.2, 0) is 16.0 Å². The first-order valence-corrected chi connectivity index (χ1v) is 14.9. The molecule has 5 nitrogen and oxygen atoms in total. The number of halogens is 3. The molecule has 0 aliphatic heterocycles. The quantitative estimate of drug-likeness (QED) is 0.225. The zero-order valence-corrected chi connectivity index (χ0v) is 26.1. The number of rotatable bonds is 5. The summed E-state index contributed by atoms with van der Waals surface area (Å²) in [6.07, 6.45) is 2.49. The molecule has 4 aromatic rings. The minimum absolute atomic E-state index is 0.0331. The lowest BCUT2D eigenvalue weighted by Crippen LogP contribution is -2.32. The number of amides is 1. The number of allylic oxidation sites excluding steroid dienone is 1. The third-order valence-corrected chi connectivity index (χ3v) is 8.50. The molecule has 0 saturated carbocycles. The third-order valence-electron chi connectivity index (χ3n) is 7.70. The summed E-state index contributed by atoms with van der Waals surface area (Å²) in [5.41, 5.74) is 5.13. The highest BCUT2D eigenvalue weighted by molar-refractivity contribution is 6.36. The van der Waals surface area contributed by atoms with E-state index in [-0.39, 0.29) is 16.4 Å². The Morgan fingerprint density at radius 1 is 0.976 bits per heavy atom. The molecule has 1 amide bonds. The molecule has 0 bridgehead atoms. The zero-order chi connectivity index (χ0) is 30.2. The molecule has 216 valence electrons. The average molecular weight is 622 g/mol. The molecule has 1 aromatic heterocycles. The third kappa shape index (κ3) is 6.49. The number of ether oxygens (including phenoxy) is 1. The van der Waals surface area contributed by atoms with Crippen molar-refractivity contribution in [3.63, 3.8) is 0 Å². The summed E-state index contributed by atoms with van der Waals surface area (Å²) in [5, 5.41) is 4.81. The van der Waals surface area contributed by atoms with Gasteiger partial charge in [-0.05, 0) is 90.3 Å². The minimum atomic E-state index is -1.09. The van der Waals surface area contributed by atoms with Crippen LogP contribution in [-0.4, -0.2) is 23.0 Å². The molecule has 0 radical (unpaired) electrons. The molecule has 1 heterocycles. The van der Waals surface area contributed by atoms with E-state index >= 15 is 0 Å². The van der Waals surface area contributed by atoms with Gasteiger partial charge < -0.3 is 10.1 Å². The molecular weight excluding hydrogens is 591 g/mol. The van der Waals surface area contributed by atoms with E-state index in [1.165, 1.54) is 13.0 Å². The Morgan fingerprint density at radius 2 is 1.67 bits per heavy atom. The first-order valence-electron chi connectivity index (χ1n) is 13.8. The van der Waals surface area contributed by atoms with Gasteiger partial charge in [0.15, 0.2) is 6.10 Å². The Balaban J connectivity index is 1.56. The molecule has 1 aliphatic rings. The molecule has 42 heavy (non-hydrogen) atoms. The topological polar surface area (TPSA) is 68.3 Å². The Labute approximate surface area is 260 Å². The number of para-hydroxylation sites is 1. The van der Waals surface area contributed by atoms with Crippen LogP contribution >= 0.6 is 34.8 Å². The zero-order valence-electron chi connectivity index (χ0n) is 23.8. The fourth-order valence-corrected chi connectivity index (χ4v) is 5.81. The monoisotopic (exact) mass is 620 g/mol. The highest BCUT2D eigenvalue weighted by Gasteiger charge is 2.36. The molecule has 3 aromatic carbocycles. The van der Waals surface area contributed by atoms with Crippen LogP contribution in [0.25, 0.3) is 22.6 Å². The van der Waals surface area contributed by atoms with Crippen molar-refractivity contribution in [2.75, 3.05) is 5.32 Å². The van der Waals surface area contributed by atoms with Crippen molar-refractivity contribution in [1.29, 1.82) is 0 Å². The van der Waals surface area contributed by atoms with Gasteiger partial charge in [-0.15, -0.1) is 0 Å². The van der Waals surface area contributed by atoms with Crippen LogP contribution in [0.2, 0.25) is 15.1 Å². The second kappa shape index (κ2) is 12.1.